The highest BCUT2D eigenvalue weighted by Gasteiger charge is 2.39. The molecule has 1 aliphatic heterocycles. The lowest BCUT2D eigenvalue weighted by atomic mass is 10.0. The summed E-state index contributed by atoms with van der Waals surface area (Å²) in [6, 6.07) is 12.0. The van der Waals surface area contributed by atoms with Crippen LogP contribution in [0, 0.1) is 0 Å². The molecule has 2 aromatic rings. The largest absolute Gasteiger partial charge is 0.490 e. The zero-order valence-corrected chi connectivity index (χ0v) is 19.8. The Hall–Kier alpha value is -3.85. The number of nitrogens with one attached hydrogen (secondary N) is 2. The van der Waals surface area contributed by atoms with Crippen molar-refractivity contribution in [3.05, 3.63) is 53.7 Å². The Morgan fingerprint density at radius 2 is 1.56 bits per heavy atom. The number of carbonyl (C=O) groups excluding carboxylic acids is 3. The quantitative estimate of drug-likeness (QED) is 0.489. The molecule has 2 aromatic carbocycles. The molecule has 1 aliphatic rings. The van der Waals surface area contributed by atoms with E-state index >= 15 is 0 Å². The lowest BCUT2D eigenvalue weighted by Gasteiger charge is -2.15. The molecular formula is C25H29N3O6. The Kier molecular flexibility index (Phi) is 8.26. The van der Waals surface area contributed by atoms with Gasteiger partial charge in [0.25, 0.3) is 11.8 Å². The monoisotopic (exact) mass is 467 g/mol. The smallest absolute Gasteiger partial charge is 0.278 e. The van der Waals surface area contributed by atoms with Gasteiger partial charge in [-0.15, -0.1) is 0 Å². The van der Waals surface area contributed by atoms with Gasteiger partial charge in [-0.2, -0.15) is 0 Å². The number of amides is 3. The molecule has 0 fully saturated rings. The van der Waals surface area contributed by atoms with Crippen LogP contribution in [0.1, 0.15) is 26.3 Å². The van der Waals surface area contributed by atoms with Crippen molar-refractivity contribution in [2.45, 2.75) is 20.8 Å². The van der Waals surface area contributed by atoms with E-state index in [-0.39, 0.29) is 30.3 Å². The summed E-state index contributed by atoms with van der Waals surface area (Å²) in [5.41, 5.74) is 2.10. The molecule has 3 amide bonds. The molecule has 0 spiro atoms. The van der Waals surface area contributed by atoms with E-state index in [0.717, 1.165) is 4.90 Å². The van der Waals surface area contributed by atoms with Gasteiger partial charge in [0.2, 0.25) is 5.91 Å². The van der Waals surface area contributed by atoms with Crippen LogP contribution >= 0.6 is 0 Å². The van der Waals surface area contributed by atoms with Crippen LogP contribution < -0.4 is 20.1 Å². The first-order valence-corrected chi connectivity index (χ1v) is 11.0. The van der Waals surface area contributed by atoms with E-state index in [2.05, 4.69) is 10.6 Å². The lowest BCUT2D eigenvalue weighted by Crippen LogP contribution is -2.35. The van der Waals surface area contributed by atoms with Gasteiger partial charge in [-0.05, 0) is 43.7 Å². The normalized spacial score (nSPS) is 13.4. The lowest BCUT2D eigenvalue weighted by molar-refractivity contribution is -0.137. The van der Waals surface area contributed by atoms with Crippen molar-refractivity contribution >= 4 is 34.7 Å². The van der Waals surface area contributed by atoms with E-state index in [1.165, 1.54) is 14.0 Å². The first-order chi connectivity index (χ1) is 16.4. The second-order valence-electron chi connectivity index (χ2n) is 7.42. The van der Waals surface area contributed by atoms with Crippen LogP contribution in [-0.2, 0) is 19.1 Å². The van der Waals surface area contributed by atoms with Crippen LogP contribution in [0.5, 0.6) is 11.5 Å². The second kappa shape index (κ2) is 11.3. The van der Waals surface area contributed by atoms with Crippen molar-refractivity contribution in [3.63, 3.8) is 0 Å². The number of imide groups is 1. The number of ether oxygens (including phenoxy) is 3. The Morgan fingerprint density at radius 1 is 0.912 bits per heavy atom. The number of hydrogen-bond acceptors (Lipinski definition) is 7. The predicted molar refractivity (Wildman–Crippen MR) is 129 cm³/mol. The molecule has 0 aliphatic carbocycles. The molecule has 0 saturated heterocycles. The topological polar surface area (TPSA) is 106 Å². The molecular weight excluding hydrogens is 438 g/mol. The molecule has 1 heterocycles. The fourth-order valence-electron chi connectivity index (χ4n) is 3.54. The first-order valence-electron chi connectivity index (χ1n) is 11.0. The van der Waals surface area contributed by atoms with Crippen molar-refractivity contribution in [1.82, 2.24) is 4.90 Å². The van der Waals surface area contributed by atoms with Gasteiger partial charge in [0.05, 0.1) is 31.9 Å². The van der Waals surface area contributed by atoms with Gasteiger partial charge in [-0.3, -0.25) is 19.3 Å². The van der Waals surface area contributed by atoms with Crippen LogP contribution in [0.15, 0.2) is 48.2 Å². The van der Waals surface area contributed by atoms with E-state index in [4.69, 9.17) is 14.2 Å². The molecule has 0 saturated carbocycles. The fourth-order valence-corrected chi connectivity index (χ4v) is 3.54. The van der Waals surface area contributed by atoms with Crippen LogP contribution in [0.3, 0.4) is 0 Å². The number of anilines is 2. The Bertz CT molecular complexity index is 1090. The van der Waals surface area contributed by atoms with E-state index < -0.39 is 11.8 Å². The summed E-state index contributed by atoms with van der Waals surface area (Å²) in [5.74, 6) is 0.0489. The van der Waals surface area contributed by atoms with E-state index in [9.17, 15) is 14.4 Å². The second-order valence-corrected chi connectivity index (χ2v) is 7.42. The minimum absolute atomic E-state index is 0.125. The van der Waals surface area contributed by atoms with Crippen LogP contribution in [0.2, 0.25) is 0 Å². The van der Waals surface area contributed by atoms with Crippen LogP contribution in [0.25, 0.3) is 5.57 Å². The van der Waals surface area contributed by atoms with Gasteiger partial charge in [-0.1, -0.05) is 12.1 Å². The van der Waals surface area contributed by atoms with Gasteiger partial charge < -0.3 is 24.8 Å². The summed E-state index contributed by atoms with van der Waals surface area (Å²) in [6.07, 6.45) is 0. The Morgan fingerprint density at radius 3 is 2.18 bits per heavy atom. The molecule has 9 heteroatoms. The van der Waals surface area contributed by atoms with Crippen LogP contribution in [0.4, 0.5) is 11.4 Å². The highest BCUT2D eigenvalue weighted by Crippen LogP contribution is 2.34. The maximum atomic E-state index is 13.2. The predicted octanol–water partition coefficient (Wildman–Crippen LogP) is 3.28. The molecule has 3 rings (SSSR count). The van der Waals surface area contributed by atoms with Gasteiger partial charge in [-0.25, -0.2) is 0 Å². The third kappa shape index (κ3) is 5.55. The standard InChI is InChI=1S/C25H29N3O6/c1-5-33-20-12-11-19(15-21(20)34-6-2)27-23-22(24(30)28(25(23)31)13-14-32-4)17-7-9-18(10-8-17)26-16(3)29/h7-12,15,27H,5-6,13-14H2,1-4H3,(H,26,29). The van der Waals surface area contributed by atoms with Crippen molar-refractivity contribution in [3.8, 4) is 11.5 Å². The summed E-state index contributed by atoms with van der Waals surface area (Å²) < 4.78 is 16.4. The zero-order valence-electron chi connectivity index (χ0n) is 19.8. The van der Waals surface area contributed by atoms with Gasteiger partial charge in [0.1, 0.15) is 5.70 Å². The summed E-state index contributed by atoms with van der Waals surface area (Å²) in [5, 5.41) is 5.80. The third-order valence-corrected chi connectivity index (χ3v) is 4.99. The number of benzene rings is 2. The van der Waals surface area contributed by atoms with Crippen molar-refractivity contribution in [2.75, 3.05) is 44.1 Å². The molecule has 34 heavy (non-hydrogen) atoms. The van der Waals surface area contributed by atoms with Crippen molar-refractivity contribution < 1.29 is 28.6 Å². The molecule has 9 nitrogen and oxygen atoms in total. The first kappa shape index (κ1) is 24.8. The van der Waals surface area contributed by atoms with E-state index in [1.54, 1.807) is 42.5 Å². The summed E-state index contributed by atoms with van der Waals surface area (Å²) in [7, 11) is 1.51. The zero-order chi connectivity index (χ0) is 24.7. The van der Waals surface area contributed by atoms with Crippen molar-refractivity contribution in [2.24, 2.45) is 0 Å². The average molecular weight is 468 g/mol. The Labute approximate surface area is 198 Å². The minimum atomic E-state index is -0.449. The SMILES string of the molecule is CCOc1ccc(NC2=C(c3ccc(NC(C)=O)cc3)C(=O)N(CCOC)C2=O)cc1OCC. The van der Waals surface area contributed by atoms with E-state index in [0.29, 0.717) is 41.7 Å². The summed E-state index contributed by atoms with van der Waals surface area (Å²) >= 11 is 0. The molecule has 0 atom stereocenters. The number of methoxy groups -OCH3 is 1. The number of rotatable bonds is 11. The molecule has 0 radical (unpaired) electrons. The van der Waals surface area contributed by atoms with Crippen LogP contribution in [-0.4, -0.2) is 56.1 Å². The number of carbonyl (C=O) groups is 3. The summed E-state index contributed by atoms with van der Waals surface area (Å²) in [6.45, 7) is 6.44. The van der Waals surface area contributed by atoms with Crippen molar-refractivity contribution in [1.29, 1.82) is 0 Å². The molecule has 0 bridgehead atoms. The third-order valence-electron chi connectivity index (χ3n) is 4.99. The van der Waals surface area contributed by atoms with E-state index in [1.807, 2.05) is 13.8 Å². The fraction of sp³-hybridized carbons (Fsp3) is 0.320. The number of nitrogens with zero attached hydrogens (tertiary/aromatic N) is 1. The van der Waals surface area contributed by atoms with Gasteiger partial charge in [0.15, 0.2) is 11.5 Å². The highest BCUT2D eigenvalue weighted by atomic mass is 16.5. The van der Waals surface area contributed by atoms with Gasteiger partial charge in [0, 0.05) is 31.5 Å². The minimum Gasteiger partial charge on any atom is -0.490 e. The molecule has 180 valence electrons. The maximum Gasteiger partial charge on any atom is 0.278 e. The number of hydrogen-bond donors (Lipinski definition) is 2. The highest BCUT2D eigenvalue weighted by molar-refractivity contribution is 6.36. The molecule has 0 unspecified atom stereocenters. The maximum absolute atomic E-state index is 13.2. The van der Waals surface area contributed by atoms with Gasteiger partial charge >= 0.3 is 0 Å². The molecule has 0 aromatic heterocycles. The average Bonchev–Trinajstić information content (AvgIpc) is 3.03. The molecule has 2 N–H and O–H groups in total. The summed E-state index contributed by atoms with van der Waals surface area (Å²) in [4.78, 5) is 38.9. The Balaban J connectivity index is 2.01.